The number of likely N-dealkylation sites (tertiary alicyclic amines) is 1. The van der Waals surface area contributed by atoms with Crippen LogP contribution in [0.5, 0.6) is 0 Å². The minimum atomic E-state index is 0. The van der Waals surface area contributed by atoms with Gasteiger partial charge < -0.3 is 10.6 Å². The molecule has 0 spiro atoms. The molecule has 0 unspecified atom stereocenters. The van der Waals surface area contributed by atoms with Gasteiger partial charge in [-0.15, -0.1) is 24.8 Å². The van der Waals surface area contributed by atoms with E-state index >= 15 is 0 Å². The van der Waals surface area contributed by atoms with Gasteiger partial charge in [-0.05, 0) is 56.4 Å². The number of hydrogen-bond acceptors (Lipinski definition) is 3. The molecule has 4 nitrogen and oxygen atoms in total. The molecule has 1 aromatic carbocycles. The first-order chi connectivity index (χ1) is 11.3. The second-order valence-corrected chi connectivity index (χ2v) is 6.91. The fraction of sp³-hybridized carbons (Fsp3) is 0.632. The molecule has 0 aliphatic carbocycles. The van der Waals surface area contributed by atoms with Gasteiger partial charge in [0.25, 0.3) is 0 Å². The van der Waals surface area contributed by atoms with Crippen LogP contribution in [0.3, 0.4) is 0 Å². The van der Waals surface area contributed by atoms with Gasteiger partial charge in [-0.3, -0.25) is 9.69 Å². The number of nitrogens with one attached hydrogen (secondary N) is 2. The van der Waals surface area contributed by atoms with Crippen LogP contribution in [0.4, 0.5) is 0 Å². The van der Waals surface area contributed by atoms with Crippen LogP contribution in [0.15, 0.2) is 24.3 Å². The minimum Gasteiger partial charge on any atom is -0.352 e. The summed E-state index contributed by atoms with van der Waals surface area (Å²) in [5.74, 6) is 0.330. The lowest BCUT2D eigenvalue weighted by atomic mass is 9.99. The fourth-order valence-electron chi connectivity index (χ4n) is 3.55. The summed E-state index contributed by atoms with van der Waals surface area (Å²) < 4.78 is 0. The zero-order chi connectivity index (χ0) is 15.9. The molecule has 6 heteroatoms. The van der Waals surface area contributed by atoms with Crippen LogP contribution < -0.4 is 10.6 Å². The molecule has 0 aromatic heterocycles. The quantitative estimate of drug-likeness (QED) is 0.815. The number of rotatable bonds is 5. The number of benzene rings is 1. The molecule has 0 radical (unpaired) electrons. The largest absolute Gasteiger partial charge is 0.352 e. The van der Waals surface area contributed by atoms with Crippen LogP contribution in [-0.2, 0) is 17.9 Å². The Bertz CT molecular complexity index is 498. The molecule has 25 heavy (non-hydrogen) atoms. The summed E-state index contributed by atoms with van der Waals surface area (Å²) >= 11 is 0. The maximum absolute atomic E-state index is 12.1. The van der Waals surface area contributed by atoms with Crippen molar-refractivity contribution < 1.29 is 4.79 Å². The summed E-state index contributed by atoms with van der Waals surface area (Å²) in [4.78, 5) is 14.7. The van der Waals surface area contributed by atoms with Gasteiger partial charge in [0.2, 0.25) is 5.91 Å². The third kappa shape index (κ3) is 7.14. The number of halogens is 2. The summed E-state index contributed by atoms with van der Waals surface area (Å²) in [6.07, 6.45) is 6.16. The van der Waals surface area contributed by atoms with E-state index in [4.69, 9.17) is 0 Å². The second-order valence-electron chi connectivity index (χ2n) is 6.91. The first-order valence-electron chi connectivity index (χ1n) is 9.10. The zero-order valence-corrected chi connectivity index (χ0v) is 16.5. The molecule has 2 saturated heterocycles. The average molecular weight is 388 g/mol. The summed E-state index contributed by atoms with van der Waals surface area (Å²) in [6, 6.07) is 8.72. The summed E-state index contributed by atoms with van der Waals surface area (Å²) in [5.41, 5.74) is 2.56. The number of nitrogens with zero attached hydrogens (tertiary/aromatic N) is 1. The van der Waals surface area contributed by atoms with E-state index in [2.05, 4.69) is 39.8 Å². The molecule has 142 valence electrons. The molecule has 1 amide bonds. The smallest absolute Gasteiger partial charge is 0.224 e. The number of carbonyl (C=O) groups is 1. The third-order valence-electron chi connectivity index (χ3n) is 5.01. The van der Waals surface area contributed by atoms with Gasteiger partial charge in [0.05, 0.1) is 5.92 Å². The Morgan fingerprint density at radius 3 is 2.36 bits per heavy atom. The average Bonchev–Trinajstić information content (AvgIpc) is 2.62. The van der Waals surface area contributed by atoms with E-state index in [1.54, 1.807) is 0 Å². The summed E-state index contributed by atoms with van der Waals surface area (Å²) in [6.45, 7) is 6.02. The number of piperidine rings is 2. The molecule has 2 N–H and O–H groups in total. The Hall–Kier alpha value is -0.810. The number of carbonyl (C=O) groups excluding carboxylic acids is 1. The topological polar surface area (TPSA) is 44.4 Å². The van der Waals surface area contributed by atoms with Crippen molar-refractivity contribution in [2.24, 2.45) is 5.92 Å². The highest BCUT2D eigenvalue weighted by Crippen LogP contribution is 2.14. The predicted octanol–water partition coefficient (Wildman–Crippen LogP) is 3.13. The Balaban J connectivity index is 0.00000156. The van der Waals surface area contributed by atoms with Gasteiger partial charge in [0.15, 0.2) is 0 Å². The van der Waals surface area contributed by atoms with E-state index < -0.39 is 0 Å². The highest BCUT2D eigenvalue weighted by molar-refractivity contribution is 5.85. The molecule has 2 aliphatic heterocycles. The Morgan fingerprint density at radius 2 is 1.72 bits per heavy atom. The van der Waals surface area contributed by atoms with Crippen LogP contribution in [0.2, 0.25) is 0 Å². The van der Waals surface area contributed by atoms with Crippen LogP contribution in [0.25, 0.3) is 0 Å². The van der Waals surface area contributed by atoms with Crippen molar-refractivity contribution >= 4 is 30.7 Å². The number of hydrogen-bond donors (Lipinski definition) is 2. The molecule has 1 aromatic rings. The van der Waals surface area contributed by atoms with Crippen LogP contribution >= 0.6 is 24.8 Å². The molecule has 1 atom stereocenters. The van der Waals surface area contributed by atoms with Crippen molar-refractivity contribution in [2.45, 2.75) is 45.2 Å². The molecule has 0 bridgehead atoms. The lowest BCUT2D eigenvalue weighted by molar-refractivity contribution is -0.125. The van der Waals surface area contributed by atoms with Gasteiger partial charge in [-0.1, -0.05) is 30.7 Å². The van der Waals surface area contributed by atoms with E-state index in [9.17, 15) is 4.79 Å². The van der Waals surface area contributed by atoms with Crippen molar-refractivity contribution in [2.75, 3.05) is 26.2 Å². The third-order valence-corrected chi connectivity index (χ3v) is 5.01. The summed E-state index contributed by atoms with van der Waals surface area (Å²) in [5, 5.41) is 6.37. The maximum atomic E-state index is 12.1. The zero-order valence-electron chi connectivity index (χ0n) is 14.8. The highest BCUT2D eigenvalue weighted by atomic mass is 35.5. The maximum Gasteiger partial charge on any atom is 0.224 e. The molecule has 2 heterocycles. The Morgan fingerprint density at radius 1 is 1.04 bits per heavy atom. The summed E-state index contributed by atoms with van der Waals surface area (Å²) in [7, 11) is 0. The van der Waals surface area contributed by atoms with Gasteiger partial charge in [-0.2, -0.15) is 0 Å². The SMILES string of the molecule is Cl.Cl.O=C(NCc1ccc(CN2CCCCC2)cc1)[C@@H]1CCCNC1. The van der Waals surface area contributed by atoms with Gasteiger partial charge in [0, 0.05) is 19.6 Å². The minimum absolute atomic E-state index is 0. The Kier molecular flexibility index (Phi) is 10.4. The molecule has 2 aliphatic rings. The highest BCUT2D eigenvalue weighted by Gasteiger charge is 2.20. The lowest BCUT2D eigenvalue weighted by Crippen LogP contribution is -2.40. The number of amides is 1. The standard InChI is InChI=1S/C19H29N3O.2ClH/c23-19(18-5-4-10-20-14-18)21-13-16-6-8-17(9-7-16)15-22-11-2-1-3-12-22;;/h6-9,18,20H,1-5,10-15H2,(H,21,23);2*1H/t18-;;/m1../s1. The van der Waals surface area contributed by atoms with E-state index in [0.717, 1.165) is 32.5 Å². The monoisotopic (exact) mass is 387 g/mol. The predicted molar refractivity (Wildman–Crippen MR) is 108 cm³/mol. The van der Waals surface area contributed by atoms with Crippen LogP contribution in [-0.4, -0.2) is 37.0 Å². The van der Waals surface area contributed by atoms with Crippen molar-refractivity contribution in [3.05, 3.63) is 35.4 Å². The normalized spacial score (nSPS) is 20.9. The molecule has 0 saturated carbocycles. The van der Waals surface area contributed by atoms with Gasteiger partial charge in [0.1, 0.15) is 0 Å². The van der Waals surface area contributed by atoms with Crippen LogP contribution in [0.1, 0.15) is 43.2 Å². The molecular weight excluding hydrogens is 357 g/mol. The van der Waals surface area contributed by atoms with E-state index in [0.29, 0.717) is 6.54 Å². The molecule has 2 fully saturated rings. The van der Waals surface area contributed by atoms with Crippen LogP contribution in [0, 0.1) is 5.92 Å². The first kappa shape index (κ1) is 22.2. The van der Waals surface area contributed by atoms with Crippen molar-refractivity contribution in [1.29, 1.82) is 0 Å². The lowest BCUT2D eigenvalue weighted by Gasteiger charge is -2.26. The van der Waals surface area contributed by atoms with Crippen molar-refractivity contribution in [3.63, 3.8) is 0 Å². The van der Waals surface area contributed by atoms with Crippen molar-refractivity contribution in [3.8, 4) is 0 Å². The van der Waals surface area contributed by atoms with Gasteiger partial charge >= 0.3 is 0 Å². The van der Waals surface area contributed by atoms with Gasteiger partial charge in [-0.25, -0.2) is 0 Å². The molecule has 3 rings (SSSR count). The van der Waals surface area contributed by atoms with E-state index in [1.807, 2.05) is 0 Å². The van der Waals surface area contributed by atoms with E-state index in [1.165, 1.54) is 43.5 Å². The Labute approximate surface area is 163 Å². The fourth-order valence-corrected chi connectivity index (χ4v) is 3.55. The van der Waals surface area contributed by atoms with Crippen molar-refractivity contribution in [1.82, 2.24) is 15.5 Å². The van der Waals surface area contributed by atoms with E-state index in [-0.39, 0.29) is 36.6 Å². The molecular formula is C19H31Cl2N3O. The second kappa shape index (κ2) is 11.7. The first-order valence-corrected chi connectivity index (χ1v) is 9.10.